The smallest absolute Gasteiger partial charge is 0.374 e. The molecule has 0 unspecified atom stereocenters. The first-order valence-corrected chi connectivity index (χ1v) is 8.17. The van der Waals surface area contributed by atoms with E-state index in [9.17, 15) is 0 Å². The molecule has 104 valence electrons. The highest BCUT2D eigenvalue weighted by molar-refractivity contribution is 6.60. The van der Waals surface area contributed by atoms with Crippen LogP contribution in [-0.4, -0.2) is 61.0 Å². The summed E-state index contributed by atoms with van der Waals surface area (Å²) in [6.45, 7) is 8.92. The lowest BCUT2D eigenvalue weighted by Gasteiger charge is -2.28. The first kappa shape index (κ1) is 17.0. The molecule has 0 aliphatic carbocycles. The average Bonchev–Trinajstić information content (AvgIpc) is 2.25. The maximum absolute atomic E-state index is 5.72. The lowest BCUT2D eigenvalue weighted by molar-refractivity contribution is 0.0366. The van der Waals surface area contributed by atoms with Crippen LogP contribution in [0.25, 0.3) is 0 Å². The minimum Gasteiger partial charge on any atom is -0.374 e. The van der Waals surface area contributed by atoms with Gasteiger partial charge in [-0.2, -0.15) is 0 Å². The predicted octanol–water partition coefficient (Wildman–Crippen LogP) is 1.57. The first-order valence-electron chi connectivity index (χ1n) is 6.24. The Balaban J connectivity index is 4.14. The number of ether oxygens (including phenoxy) is 1. The van der Waals surface area contributed by atoms with Crippen molar-refractivity contribution in [2.45, 2.75) is 26.8 Å². The quantitative estimate of drug-likeness (QED) is 0.322. The van der Waals surface area contributed by atoms with Gasteiger partial charge < -0.3 is 18.0 Å². The second-order valence-electron chi connectivity index (χ2n) is 3.85. The summed E-state index contributed by atoms with van der Waals surface area (Å²) in [5.41, 5.74) is 0. The highest BCUT2D eigenvalue weighted by Crippen LogP contribution is 2.15. The van der Waals surface area contributed by atoms with Gasteiger partial charge in [0, 0.05) is 25.9 Å². The predicted molar refractivity (Wildman–Crippen MR) is 69.9 cm³/mol. The molecule has 0 aromatic heterocycles. The van der Waals surface area contributed by atoms with E-state index in [2.05, 4.69) is 0 Å². The summed E-state index contributed by atoms with van der Waals surface area (Å²) in [7, 11) is 1.43. The molecular weight excluding hydrogens is 238 g/mol. The third-order valence-electron chi connectivity index (χ3n) is 1.99. The van der Waals surface area contributed by atoms with Crippen molar-refractivity contribution in [1.82, 2.24) is 4.90 Å². The Morgan fingerprint density at radius 3 is 1.71 bits per heavy atom. The summed E-state index contributed by atoms with van der Waals surface area (Å²) >= 11 is 0. The minimum atomic E-state index is -2.51. The van der Waals surface area contributed by atoms with Gasteiger partial charge in [0.15, 0.2) is 0 Å². The molecule has 0 spiro atoms. The van der Waals surface area contributed by atoms with Crippen LogP contribution in [0.2, 0.25) is 6.04 Å². The van der Waals surface area contributed by atoms with E-state index in [-0.39, 0.29) is 0 Å². The molecule has 0 saturated heterocycles. The van der Waals surface area contributed by atoms with Crippen LogP contribution in [-0.2, 0) is 18.0 Å². The Kier molecular flexibility index (Phi) is 10.00. The van der Waals surface area contributed by atoms with Gasteiger partial charge >= 0.3 is 8.80 Å². The second kappa shape index (κ2) is 9.99. The van der Waals surface area contributed by atoms with Crippen molar-refractivity contribution in [3.63, 3.8) is 0 Å². The molecule has 0 atom stereocenters. The molecule has 0 radical (unpaired) electrons. The zero-order valence-electron chi connectivity index (χ0n) is 11.8. The molecule has 0 amide bonds. The molecular formula is C11H27NO4Si. The molecule has 5 nitrogen and oxygen atoms in total. The SMILES string of the molecule is CCO[Si](CCOCN(C)C)(OCC)OCC. The van der Waals surface area contributed by atoms with Crippen LogP contribution in [0, 0.1) is 0 Å². The van der Waals surface area contributed by atoms with E-state index in [0.717, 1.165) is 0 Å². The topological polar surface area (TPSA) is 40.2 Å². The van der Waals surface area contributed by atoms with Gasteiger partial charge in [-0.3, -0.25) is 4.90 Å². The van der Waals surface area contributed by atoms with Gasteiger partial charge in [0.05, 0.1) is 13.3 Å². The number of nitrogens with zero attached hydrogens (tertiary/aromatic N) is 1. The van der Waals surface area contributed by atoms with Crippen LogP contribution in [0.15, 0.2) is 0 Å². The van der Waals surface area contributed by atoms with Gasteiger partial charge in [0.1, 0.15) is 0 Å². The van der Waals surface area contributed by atoms with E-state index in [1.807, 2.05) is 39.8 Å². The first-order chi connectivity index (χ1) is 8.10. The van der Waals surface area contributed by atoms with Crippen LogP contribution in [0.3, 0.4) is 0 Å². The normalized spacial score (nSPS) is 12.4. The fourth-order valence-corrected chi connectivity index (χ4v) is 3.84. The Morgan fingerprint density at radius 2 is 1.35 bits per heavy atom. The van der Waals surface area contributed by atoms with Crippen molar-refractivity contribution in [3.05, 3.63) is 0 Å². The van der Waals surface area contributed by atoms with Gasteiger partial charge in [0.25, 0.3) is 0 Å². The molecule has 0 aliphatic rings. The zero-order valence-corrected chi connectivity index (χ0v) is 12.8. The molecule has 0 aromatic carbocycles. The second-order valence-corrected chi connectivity index (χ2v) is 6.58. The molecule has 0 aromatic rings. The van der Waals surface area contributed by atoms with Gasteiger partial charge in [-0.05, 0) is 34.9 Å². The molecule has 0 N–H and O–H groups in total. The average molecular weight is 265 g/mol. The van der Waals surface area contributed by atoms with Crippen LogP contribution in [0.1, 0.15) is 20.8 Å². The summed E-state index contributed by atoms with van der Waals surface area (Å²) in [6, 6.07) is 0.705. The summed E-state index contributed by atoms with van der Waals surface area (Å²) < 4.78 is 22.7. The van der Waals surface area contributed by atoms with Gasteiger partial charge in [0.2, 0.25) is 0 Å². The maximum atomic E-state index is 5.72. The molecule has 17 heavy (non-hydrogen) atoms. The van der Waals surface area contributed by atoms with E-state index < -0.39 is 8.80 Å². The Morgan fingerprint density at radius 1 is 0.882 bits per heavy atom. The molecule has 0 fully saturated rings. The molecule has 0 aliphatic heterocycles. The van der Waals surface area contributed by atoms with Crippen LogP contribution in [0.4, 0.5) is 0 Å². The molecule has 0 saturated carbocycles. The largest absolute Gasteiger partial charge is 0.503 e. The van der Waals surface area contributed by atoms with Crippen molar-refractivity contribution in [2.24, 2.45) is 0 Å². The van der Waals surface area contributed by atoms with Gasteiger partial charge in [-0.25, -0.2) is 0 Å². The van der Waals surface area contributed by atoms with Crippen LogP contribution < -0.4 is 0 Å². The summed E-state index contributed by atoms with van der Waals surface area (Å²) in [5, 5.41) is 0. The number of hydrogen-bond donors (Lipinski definition) is 0. The van der Waals surface area contributed by atoms with E-state index in [4.69, 9.17) is 18.0 Å². The summed E-state index contributed by atoms with van der Waals surface area (Å²) in [5.74, 6) is 0. The van der Waals surface area contributed by atoms with Gasteiger partial charge in [-0.15, -0.1) is 0 Å². The Labute approximate surface area is 106 Å². The molecule has 0 bridgehead atoms. The van der Waals surface area contributed by atoms with Crippen molar-refractivity contribution in [2.75, 3.05) is 47.3 Å². The van der Waals surface area contributed by atoms with Crippen LogP contribution in [0.5, 0.6) is 0 Å². The van der Waals surface area contributed by atoms with Crippen molar-refractivity contribution in [1.29, 1.82) is 0 Å². The minimum absolute atomic E-state index is 0.602. The van der Waals surface area contributed by atoms with E-state index in [1.54, 1.807) is 0 Å². The Bertz CT molecular complexity index is 164. The van der Waals surface area contributed by atoms with Crippen molar-refractivity contribution < 1.29 is 18.0 Å². The Hall–Kier alpha value is 0.0169. The lowest BCUT2D eigenvalue weighted by atomic mass is 10.8. The van der Waals surface area contributed by atoms with Crippen molar-refractivity contribution in [3.8, 4) is 0 Å². The van der Waals surface area contributed by atoms with E-state index in [0.29, 0.717) is 39.2 Å². The summed E-state index contributed by atoms with van der Waals surface area (Å²) in [6.07, 6.45) is 0. The molecule has 6 heteroatoms. The molecule has 0 rings (SSSR count). The third-order valence-corrected chi connectivity index (χ3v) is 5.00. The third kappa shape index (κ3) is 7.85. The highest BCUT2D eigenvalue weighted by Gasteiger charge is 2.39. The van der Waals surface area contributed by atoms with Gasteiger partial charge in [-0.1, -0.05) is 0 Å². The monoisotopic (exact) mass is 265 g/mol. The van der Waals surface area contributed by atoms with E-state index >= 15 is 0 Å². The zero-order chi connectivity index (χ0) is 13.1. The van der Waals surface area contributed by atoms with Crippen molar-refractivity contribution >= 4 is 8.80 Å². The fraction of sp³-hybridized carbons (Fsp3) is 1.00. The number of hydrogen-bond acceptors (Lipinski definition) is 5. The maximum Gasteiger partial charge on any atom is 0.503 e. The molecule has 0 heterocycles. The lowest BCUT2D eigenvalue weighted by Crippen LogP contribution is -2.47. The van der Waals surface area contributed by atoms with E-state index in [1.165, 1.54) is 0 Å². The van der Waals surface area contributed by atoms with Crippen LogP contribution >= 0.6 is 0 Å². The highest BCUT2D eigenvalue weighted by atomic mass is 28.4. The summed E-state index contributed by atoms with van der Waals surface area (Å²) in [4.78, 5) is 1.98. The number of rotatable bonds is 11. The standard InChI is InChI=1S/C11H27NO4Si/c1-6-14-17(15-7-2,16-8-3)10-9-13-11-12(4)5/h6-11H2,1-5H3. The fourth-order valence-electron chi connectivity index (χ4n) is 1.45.